The maximum atomic E-state index is 6.26. The van der Waals surface area contributed by atoms with E-state index in [1.54, 1.807) is 0 Å². The van der Waals surface area contributed by atoms with Crippen molar-refractivity contribution < 1.29 is 18.9 Å². The van der Waals surface area contributed by atoms with E-state index >= 15 is 0 Å². The van der Waals surface area contributed by atoms with Gasteiger partial charge < -0.3 is 18.9 Å². The largest absolute Gasteiger partial charge is 0.466 e. The summed E-state index contributed by atoms with van der Waals surface area (Å²) in [5, 5.41) is 0. The van der Waals surface area contributed by atoms with Gasteiger partial charge in [0.1, 0.15) is 11.5 Å². The molecule has 52 heavy (non-hydrogen) atoms. The molecule has 0 N–H and O–H groups in total. The van der Waals surface area contributed by atoms with Crippen LogP contribution in [-0.4, -0.2) is 42.9 Å². The van der Waals surface area contributed by atoms with Crippen LogP contribution < -0.4 is 9.47 Å². The highest BCUT2D eigenvalue weighted by atomic mass is 28.3. The number of ether oxygens (including phenoxy) is 4. The summed E-state index contributed by atoms with van der Waals surface area (Å²) in [5.41, 5.74) is 6.10. The first-order chi connectivity index (χ1) is 25.0. The topological polar surface area (TPSA) is 36.9 Å². The number of hydrogen-bond acceptors (Lipinski definition) is 4. The van der Waals surface area contributed by atoms with Gasteiger partial charge in [-0.2, -0.15) is 0 Å². The first-order valence-electron chi connectivity index (χ1n) is 19.8. The second-order valence-electron chi connectivity index (χ2n) is 16.3. The van der Waals surface area contributed by atoms with E-state index in [0.717, 1.165) is 47.2 Å². The predicted octanol–water partition coefficient (Wildman–Crippen LogP) is 12.1. The van der Waals surface area contributed by atoms with Crippen LogP contribution in [0.1, 0.15) is 98.6 Å². The summed E-state index contributed by atoms with van der Waals surface area (Å²) in [6.45, 7) is 20.3. The van der Waals surface area contributed by atoms with Crippen molar-refractivity contribution in [2.45, 2.75) is 129 Å². The first kappa shape index (κ1) is 43.1. The zero-order valence-electron chi connectivity index (χ0n) is 33.7. The second kappa shape index (κ2) is 23.4. The van der Waals surface area contributed by atoms with Crippen molar-refractivity contribution >= 4 is 16.1 Å². The van der Waals surface area contributed by atoms with Gasteiger partial charge in [0.25, 0.3) is 0 Å². The molecule has 0 saturated carbocycles. The smallest absolute Gasteiger partial charge is 0.189 e. The van der Waals surface area contributed by atoms with E-state index in [1.165, 1.54) is 62.5 Å². The highest BCUT2D eigenvalue weighted by Crippen LogP contribution is 2.29. The van der Waals surface area contributed by atoms with Crippen molar-refractivity contribution in [3.63, 3.8) is 0 Å². The Morgan fingerprint density at radius 3 is 1.21 bits per heavy atom. The molecule has 0 fully saturated rings. The molecule has 0 unspecified atom stereocenters. The number of rotatable bonds is 22. The molecule has 0 saturated heterocycles. The third-order valence-electron chi connectivity index (χ3n) is 8.90. The molecule has 0 heterocycles. The molecule has 3 aromatic carbocycles. The average Bonchev–Trinajstić information content (AvgIpc) is 3.10. The summed E-state index contributed by atoms with van der Waals surface area (Å²) >= 11 is 0. The van der Waals surface area contributed by atoms with Crippen LogP contribution in [0.2, 0.25) is 51.4 Å². The Kier molecular flexibility index (Phi) is 19.4. The maximum absolute atomic E-state index is 6.26. The van der Waals surface area contributed by atoms with Crippen molar-refractivity contribution in [1.82, 2.24) is 0 Å². The Morgan fingerprint density at radius 1 is 0.481 bits per heavy atom. The molecule has 282 valence electrons. The van der Waals surface area contributed by atoms with E-state index in [4.69, 9.17) is 18.9 Å². The standard InChI is InChI=1S/C46H66O4Si2/c1-9-11-13-15-17-39-19-23-41(24-20-39)27-29-43-35-46(50-38-48-32-34-52(6,7)8)44(36-45(43)49-37-47-31-33-51(3,4)5)30-28-42-25-21-40(22-26-42)18-16-14-12-10-2/h19-26,35-36H,9-18,31-34,37-38H2,1-8H3. The summed E-state index contributed by atoms with van der Waals surface area (Å²) < 4.78 is 24.4. The van der Waals surface area contributed by atoms with Crippen LogP contribution in [0, 0.1) is 23.7 Å². The minimum Gasteiger partial charge on any atom is -0.466 e. The zero-order chi connectivity index (χ0) is 37.7. The number of benzene rings is 3. The molecule has 0 aliphatic rings. The number of hydrogen-bond donors (Lipinski definition) is 0. The average molecular weight is 739 g/mol. The lowest BCUT2D eigenvalue weighted by Crippen LogP contribution is -2.22. The quantitative estimate of drug-likeness (QED) is 0.0445. The van der Waals surface area contributed by atoms with Crippen LogP contribution in [-0.2, 0) is 22.3 Å². The van der Waals surface area contributed by atoms with Gasteiger partial charge in [-0.3, -0.25) is 0 Å². The molecule has 0 bridgehead atoms. The normalized spacial score (nSPS) is 11.4. The second-order valence-corrected chi connectivity index (χ2v) is 27.6. The molecule has 0 aromatic heterocycles. The first-order valence-corrected chi connectivity index (χ1v) is 27.2. The van der Waals surface area contributed by atoms with E-state index in [0.29, 0.717) is 24.7 Å². The molecule has 0 radical (unpaired) electrons. The minimum absolute atomic E-state index is 0.151. The third-order valence-corrected chi connectivity index (χ3v) is 12.3. The highest BCUT2D eigenvalue weighted by molar-refractivity contribution is 6.76. The fourth-order valence-corrected chi connectivity index (χ4v) is 6.89. The highest BCUT2D eigenvalue weighted by Gasteiger charge is 2.15. The van der Waals surface area contributed by atoms with Gasteiger partial charge in [0, 0.05) is 52.6 Å². The van der Waals surface area contributed by atoms with Crippen molar-refractivity contribution in [1.29, 1.82) is 0 Å². The van der Waals surface area contributed by atoms with E-state index in [-0.39, 0.29) is 13.6 Å². The molecule has 4 nitrogen and oxygen atoms in total. The lowest BCUT2D eigenvalue weighted by molar-refractivity contribution is 0.0194. The number of aryl methyl sites for hydroxylation is 2. The van der Waals surface area contributed by atoms with Gasteiger partial charge in [0.2, 0.25) is 0 Å². The fourth-order valence-electron chi connectivity index (χ4n) is 5.38. The SMILES string of the molecule is CCCCCCc1ccc(C#Cc2cc(OCOCC[Si](C)(C)C)c(C#Cc3ccc(CCCCCC)cc3)cc2OCOCC[Si](C)(C)C)cc1. The Morgan fingerprint density at radius 2 is 0.865 bits per heavy atom. The van der Waals surface area contributed by atoms with Crippen LogP contribution in [0.4, 0.5) is 0 Å². The molecular formula is C46H66O4Si2. The molecule has 0 amide bonds. The molecule has 0 aliphatic carbocycles. The van der Waals surface area contributed by atoms with E-state index in [2.05, 4.69) is 125 Å². The van der Waals surface area contributed by atoms with Gasteiger partial charge in [0.15, 0.2) is 13.6 Å². The predicted molar refractivity (Wildman–Crippen MR) is 226 cm³/mol. The van der Waals surface area contributed by atoms with Gasteiger partial charge >= 0.3 is 0 Å². The van der Waals surface area contributed by atoms with Crippen molar-refractivity contribution in [3.8, 4) is 35.2 Å². The van der Waals surface area contributed by atoms with E-state index < -0.39 is 16.1 Å². The molecule has 3 aromatic rings. The summed E-state index contributed by atoms with van der Waals surface area (Å²) in [6, 6.07) is 23.3. The molecule has 3 rings (SSSR count). The van der Waals surface area contributed by atoms with Gasteiger partial charge in [-0.25, -0.2) is 0 Å². The molecule has 0 spiro atoms. The fraction of sp³-hybridized carbons (Fsp3) is 0.522. The lowest BCUT2D eigenvalue weighted by Gasteiger charge is -2.17. The summed E-state index contributed by atoms with van der Waals surface area (Å²) in [7, 11) is -2.43. The Bertz CT molecular complexity index is 1460. The van der Waals surface area contributed by atoms with Crippen LogP contribution in [0.3, 0.4) is 0 Å². The zero-order valence-corrected chi connectivity index (χ0v) is 35.7. The molecule has 0 aliphatic heterocycles. The Labute approximate surface area is 319 Å². The van der Waals surface area contributed by atoms with Crippen molar-refractivity contribution in [2.75, 3.05) is 26.8 Å². The molecular weight excluding hydrogens is 673 g/mol. The van der Waals surface area contributed by atoms with Crippen LogP contribution in [0.15, 0.2) is 60.7 Å². The van der Waals surface area contributed by atoms with Gasteiger partial charge in [-0.05, 0) is 73.2 Å². The Hall–Kier alpha value is -3.27. The summed E-state index contributed by atoms with van der Waals surface area (Å²) in [6.07, 6.45) is 12.3. The third kappa shape index (κ3) is 18.5. The van der Waals surface area contributed by atoms with Gasteiger partial charge in [0.05, 0.1) is 11.1 Å². The van der Waals surface area contributed by atoms with Crippen molar-refractivity contribution in [3.05, 3.63) is 94.0 Å². The monoisotopic (exact) mass is 738 g/mol. The van der Waals surface area contributed by atoms with E-state index in [1.807, 2.05) is 12.1 Å². The van der Waals surface area contributed by atoms with Crippen LogP contribution in [0.5, 0.6) is 11.5 Å². The Balaban J connectivity index is 1.90. The van der Waals surface area contributed by atoms with Crippen LogP contribution >= 0.6 is 0 Å². The van der Waals surface area contributed by atoms with E-state index in [9.17, 15) is 0 Å². The minimum atomic E-state index is -1.21. The summed E-state index contributed by atoms with van der Waals surface area (Å²) in [4.78, 5) is 0. The van der Waals surface area contributed by atoms with Gasteiger partial charge in [-0.1, -0.05) is 140 Å². The molecule has 0 atom stereocenters. The molecule has 6 heteroatoms. The summed E-state index contributed by atoms with van der Waals surface area (Å²) in [5.74, 6) is 14.8. The lowest BCUT2D eigenvalue weighted by atomic mass is 10.0. The van der Waals surface area contributed by atoms with Crippen LogP contribution in [0.25, 0.3) is 0 Å². The van der Waals surface area contributed by atoms with Crippen molar-refractivity contribution in [2.24, 2.45) is 0 Å². The number of unbranched alkanes of at least 4 members (excludes halogenated alkanes) is 6. The van der Waals surface area contributed by atoms with Gasteiger partial charge in [-0.15, -0.1) is 0 Å². The maximum Gasteiger partial charge on any atom is 0.189 e.